The molecule has 152 valence electrons. The van der Waals surface area contributed by atoms with Crippen LogP contribution in [0.5, 0.6) is 11.5 Å². The molecule has 1 aliphatic heterocycles. The Labute approximate surface area is 174 Å². The van der Waals surface area contributed by atoms with Crippen LogP contribution in [0.4, 0.5) is 5.95 Å². The van der Waals surface area contributed by atoms with E-state index >= 15 is 0 Å². The molecule has 0 spiro atoms. The summed E-state index contributed by atoms with van der Waals surface area (Å²) in [5.74, 6) is 2.40. The zero-order chi connectivity index (χ0) is 20.7. The van der Waals surface area contributed by atoms with Crippen LogP contribution in [0, 0.1) is 5.92 Å². The quantitative estimate of drug-likeness (QED) is 0.714. The third kappa shape index (κ3) is 2.94. The first-order chi connectivity index (χ1) is 14.7. The number of allylic oxidation sites excluding steroid dienone is 2. The zero-order valence-corrected chi connectivity index (χ0v) is 16.8. The fraction of sp³-hybridized carbons (Fsp3) is 0.261. The van der Waals surface area contributed by atoms with Gasteiger partial charge in [0.25, 0.3) is 0 Å². The maximum absolute atomic E-state index is 13.0. The van der Waals surface area contributed by atoms with Crippen LogP contribution in [0.2, 0.25) is 0 Å². The molecule has 2 aliphatic rings. The highest BCUT2D eigenvalue weighted by Crippen LogP contribution is 2.45. The monoisotopic (exact) mass is 402 g/mol. The second-order valence-corrected chi connectivity index (χ2v) is 7.39. The molecule has 2 aromatic carbocycles. The Kier molecular flexibility index (Phi) is 4.50. The van der Waals surface area contributed by atoms with Gasteiger partial charge in [-0.25, -0.2) is 4.68 Å². The molecule has 2 heterocycles. The summed E-state index contributed by atoms with van der Waals surface area (Å²) in [4.78, 5) is 17.8. The standard InChI is InChI=1S/C23H22N4O3/c1-29-15-11-12-19(30-2)16(13-15)21-20-17(9-6-10-18(20)28)24-23-25-22(26-27(21)23)14-7-4-3-5-8-14/h3-5,7-9,11-13,20-21H,6,10H2,1-2H3,(H,24,25,26). The molecule has 0 saturated carbocycles. The minimum absolute atomic E-state index is 0.178. The van der Waals surface area contributed by atoms with Crippen molar-refractivity contribution in [2.75, 3.05) is 19.5 Å². The molecule has 1 aromatic heterocycles. The molecule has 30 heavy (non-hydrogen) atoms. The number of carbonyl (C=O) groups is 1. The zero-order valence-electron chi connectivity index (χ0n) is 16.8. The number of ether oxygens (including phenoxy) is 2. The van der Waals surface area contributed by atoms with Crippen LogP contribution in [0.3, 0.4) is 0 Å². The maximum Gasteiger partial charge on any atom is 0.226 e. The van der Waals surface area contributed by atoms with Crippen molar-refractivity contribution in [1.82, 2.24) is 14.8 Å². The number of anilines is 1. The number of nitrogens with zero attached hydrogens (tertiary/aromatic N) is 3. The van der Waals surface area contributed by atoms with E-state index in [-0.39, 0.29) is 17.7 Å². The number of hydrogen-bond donors (Lipinski definition) is 1. The highest BCUT2D eigenvalue weighted by atomic mass is 16.5. The molecule has 3 aromatic rings. The van der Waals surface area contributed by atoms with E-state index in [4.69, 9.17) is 19.6 Å². The van der Waals surface area contributed by atoms with Gasteiger partial charge in [-0.05, 0) is 24.6 Å². The van der Waals surface area contributed by atoms with Gasteiger partial charge in [-0.2, -0.15) is 4.98 Å². The molecule has 0 amide bonds. The topological polar surface area (TPSA) is 78.3 Å². The van der Waals surface area contributed by atoms with E-state index in [1.165, 1.54) is 0 Å². The molecule has 7 nitrogen and oxygen atoms in total. The average molecular weight is 402 g/mol. The minimum atomic E-state index is -0.379. The molecule has 0 fully saturated rings. The largest absolute Gasteiger partial charge is 0.497 e. The lowest BCUT2D eigenvalue weighted by Gasteiger charge is -2.36. The summed E-state index contributed by atoms with van der Waals surface area (Å²) >= 11 is 0. The SMILES string of the molecule is COc1ccc(OC)c(C2C3C(=O)CCC=C3Nc3nc(-c4ccccc4)nn32)c1. The van der Waals surface area contributed by atoms with Crippen molar-refractivity contribution < 1.29 is 14.3 Å². The van der Waals surface area contributed by atoms with Gasteiger partial charge in [0.2, 0.25) is 5.95 Å². The Morgan fingerprint density at radius 1 is 1.10 bits per heavy atom. The van der Waals surface area contributed by atoms with Gasteiger partial charge in [0, 0.05) is 23.2 Å². The average Bonchev–Trinajstić information content (AvgIpc) is 3.22. The Morgan fingerprint density at radius 3 is 2.70 bits per heavy atom. The predicted octanol–water partition coefficient (Wildman–Crippen LogP) is 3.84. The van der Waals surface area contributed by atoms with Crippen LogP contribution in [0.1, 0.15) is 24.4 Å². The smallest absolute Gasteiger partial charge is 0.226 e. The van der Waals surface area contributed by atoms with Crippen molar-refractivity contribution in [1.29, 1.82) is 0 Å². The van der Waals surface area contributed by atoms with E-state index in [2.05, 4.69) is 11.4 Å². The summed E-state index contributed by atoms with van der Waals surface area (Å²) in [6, 6.07) is 15.1. The first-order valence-corrected chi connectivity index (χ1v) is 9.93. The van der Waals surface area contributed by atoms with Crippen molar-refractivity contribution in [3.63, 3.8) is 0 Å². The molecule has 2 unspecified atom stereocenters. The fourth-order valence-corrected chi connectivity index (χ4v) is 4.26. The van der Waals surface area contributed by atoms with Gasteiger partial charge in [-0.1, -0.05) is 36.4 Å². The van der Waals surface area contributed by atoms with Crippen LogP contribution in [-0.2, 0) is 4.79 Å². The lowest BCUT2D eigenvalue weighted by Crippen LogP contribution is -2.39. The normalized spacial score (nSPS) is 19.9. The lowest BCUT2D eigenvalue weighted by atomic mass is 9.80. The number of benzene rings is 2. The van der Waals surface area contributed by atoms with Crippen LogP contribution in [0.25, 0.3) is 11.4 Å². The molecule has 1 aliphatic carbocycles. The lowest BCUT2D eigenvalue weighted by molar-refractivity contribution is -0.123. The second kappa shape index (κ2) is 7.33. The fourth-order valence-electron chi connectivity index (χ4n) is 4.26. The van der Waals surface area contributed by atoms with Gasteiger partial charge in [0.05, 0.1) is 26.2 Å². The van der Waals surface area contributed by atoms with E-state index < -0.39 is 0 Å². The number of ketones is 1. The summed E-state index contributed by atoms with van der Waals surface area (Å²) in [5.41, 5.74) is 2.64. The van der Waals surface area contributed by atoms with Crippen molar-refractivity contribution in [2.24, 2.45) is 5.92 Å². The number of rotatable bonds is 4. The summed E-state index contributed by atoms with van der Waals surface area (Å²) in [5, 5.41) is 8.15. The molecular weight excluding hydrogens is 380 g/mol. The van der Waals surface area contributed by atoms with E-state index in [1.807, 2.05) is 53.2 Å². The third-order valence-corrected chi connectivity index (χ3v) is 5.69. The van der Waals surface area contributed by atoms with E-state index in [9.17, 15) is 4.79 Å². The molecule has 7 heteroatoms. The summed E-state index contributed by atoms with van der Waals surface area (Å²) in [7, 11) is 3.25. The molecule has 2 atom stereocenters. The highest BCUT2D eigenvalue weighted by molar-refractivity contribution is 5.87. The van der Waals surface area contributed by atoms with E-state index in [1.54, 1.807) is 14.2 Å². The summed E-state index contributed by atoms with van der Waals surface area (Å²) in [6.45, 7) is 0. The number of aromatic nitrogens is 3. The first-order valence-electron chi connectivity index (χ1n) is 9.93. The van der Waals surface area contributed by atoms with Gasteiger partial charge in [0.15, 0.2) is 5.82 Å². The van der Waals surface area contributed by atoms with E-state index in [0.717, 1.165) is 23.2 Å². The summed E-state index contributed by atoms with van der Waals surface area (Å²) in [6.07, 6.45) is 3.32. The van der Waals surface area contributed by atoms with Gasteiger partial charge >= 0.3 is 0 Å². The van der Waals surface area contributed by atoms with Gasteiger partial charge in [-0.15, -0.1) is 5.10 Å². The van der Waals surface area contributed by atoms with Crippen LogP contribution >= 0.6 is 0 Å². The third-order valence-electron chi connectivity index (χ3n) is 5.69. The van der Waals surface area contributed by atoms with Crippen LogP contribution in [0.15, 0.2) is 60.3 Å². The Morgan fingerprint density at radius 2 is 1.93 bits per heavy atom. The number of methoxy groups -OCH3 is 2. The Bertz CT molecular complexity index is 1140. The minimum Gasteiger partial charge on any atom is -0.497 e. The second-order valence-electron chi connectivity index (χ2n) is 7.39. The number of carbonyl (C=O) groups excluding carboxylic acids is 1. The number of hydrogen-bond acceptors (Lipinski definition) is 6. The van der Waals surface area contributed by atoms with Gasteiger partial charge in [-0.3, -0.25) is 4.79 Å². The first kappa shape index (κ1) is 18.4. The molecule has 5 rings (SSSR count). The Balaban J connectivity index is 1.72. The number of Topliss-reactive ketones (excluding diaryl/α,β-unsaturated/α-hetero) is 1. The van der Waals surface area contributed by atoms with Crippen LogP contribution in [-0.4, -0.2) is 34.8 Å². The van der Waals surface area contributed by atoms with Crippen molar-refractivity contribution in [3.8, 4) is 22.9 Å². The molecule has 0 radical (unpaired) electrons. The number of fused-ring (bicyclic) bond motifs is 2. The Hall–Kier alpha value is -3.61. The predicted molar refractivity (Wildman–Crippen MR) is 113 cm³/mol. The van der Waals surface area contributed by atoms with E-state index in [0.29, 0.717) is 29.7 Å². The van der Waals surface area contributed by atoms with Gasteiger partial charge in [0.1, 0.15) is 17.3 Å². The molecular formula is C23H22N4O3. The molecule has 0 saturated heterocycles. The highest BCUT2D eigenvalue weighted by Gasteiger charge is 2.43. The van der Waals surface area contributed by atoms with Crippen molar-refractivity contribution in [2.45, 2.75) is 18.9 Å². The maximum atomic E-state index is 13.0. The molecule has 0 bridgehead atoms. The molecule has 1 N–H and O–H groups in total. The van der Waals surface area contributed by atoms with Crippen LogP contribution < -0.4 is 14.8 Å². The van der Waals surface area contributed by atoms with Crippen molar-refractivity contribution in [3.05, 3.63) is 65.9 Å². The number of nitrogens with one attached hydrogen (secondary N) is 1. The van der Waals surface area contributed by atoms with Crippen molar-refractivity contribution >= 4 is 11.7 Å². The summed E-state index contributed by atoms with van der Waals surface area (Å²) < 4.78 is 12.9. The van der Waals surface area contributed by atoms with Gasteiger partial charge < -0.3 is 14.8 Å².